The molecule has 5 atom stereocenters. The van der Waals surface area contributed by atoms with Gasteiger partial charge in [0, 0.05) is 30.0 Å². The average molecular weight is 611 g/mol. The quantitative estimate of drug-likeness (QED) is 0.361. The summed E-state index contributed by atoms with van der Waals surface area (Å²) in [6, 6.07) is 4.96. The molecule has 1 aromatic carbocycles. The number of pyridine rings is 1. The van der Waals surface area contributed by atoms with E-state index in [9.17, 15) is 24.3 Å². The van der Waals surface area contributed by atoms with Crippen molar-refractivity contribution >= 4 is 34.8 Å². The highest BCUT2D eigenvalue weighted by atomic mass is 16.6. The van der Waals surface area contributed by atoms with Gasteiger partial charge >= 0.3 is 12.1 Å². The number of aromatic nitrogens is 1. The van der Waals surface area contributed by atoms with E-state index in [2.05, 4.69) is 22.2 Å². The van der Waals surface area contributed by atoms with Gasteiger partial charge in [0.25, 0.3) is 0 Å². The van der Waals surface area contributed by atoms with E-state index in [0.717, 1.165) is 5.39 Å². The van der Waals surface area contributed by atoms with Crippen LogP contribution in [-0.2, 0) is 19.1 Å². The number of hydrogen-bond acceptors (Lipinski definition) is 8. The summed E-state index contributed by atoms with van der Waals surface area (Å²) in [5, 5.41) is 16.0. The Hall–Kier alpha value is -4.35. The van der Waals surface area contributed by atoms with Crippen LogP contribution < -0.4 is 20.1 Å². The maximum atomic E-state index is 14.2. The summed E-state index contributed by atoms with van der Waals surface area (Å²) in [6.07, 6.45) is 2.00. The molecule has 1 saturated heterocycles. The third kappa shape index (κ3) is 6.89. The lowest BCUT2D eigenvalue weighted by atomic mass is 9.85. The Kier molecular flexibility index (Phi) is 8.86. The lowest BCUT2D eigenvalue weighted by Gasteiger charge is -2.35. The number of amides is 3. The van der Waals surface area contributed by atoms with Crippen LogP contribution in [0, 0.1) is 11.3 Å². The molecule has 44 heavy (non-hydrogen) atoms. The SMILES string of the molecule is C=C[C@@H]1C[C@]1(NC(=O)[C@@H]1C[C@@H](Oc2ccnc3cc(OC)ccc23)CN1C(=O)[C@@H](NC(=O)OC(C)(C)C)C(C)(C)C)C(=O)O. The predicted octanol–water partition coefficient (Wildman–Crippen LogP) is 3.68. The van der Waals surface area contributed by atoms with Gasteiger partial charge in [0.05, 0.1) is 19.2 Å². The normalized spacial score (nSPS) is 23.8. The molecule has 1 saturated carbocycles. The maximum Gasteiger partial charge on any atom is 0.408 e. The zero-order valence-electron chi connectivity index (χ0n) is 26.3. The van der Waals surface area contributed by atoms with Crippen LogP contribution >= 0.6 is 0 Å². The van der Waals surface area contributed by atoms with Gasteiger partial charge < -0.3 is 34.9 Å². The van der Waals surface area contributed by atoms with Crippen molar-refractivity contribution < 1.29 is 38.5 Å². The van der Waals surface area contributed by atoms with E-state index < -0.39 is 64.5 Å². The summed E-state index contributed by atoms with van der Waals surface area (Å²) in [7, 11) is 1.56. The summed E-state index contributed by atoms with van der Waals surface area (Å²) in [5.41, 5.74) is -2.39. The average Bonchev–Trinajstić information content (AvgIpc) is 3.49. The number of aliphatic carboxylic acids is 1. The molecule has 2 fully saturated rings. The molecule has 1 aliphatic carbocycles. The number of ether oxygens (including phenoxy) is 3. The summed E-state index contributed by atoms with van der Waals surface area (Å²) in [5.74, 6) is -1.60. The number of methoxy groups -OCH3 is 1. The highest BCUT2D eigenvalue weighted by Crippen LogP contribution is 2.45. The van der Waals surface area contributed by atoms with Gasteiger partial charge in [-0.25, -0.2) is 9.59 Å². The summed E-state index contributed by atoms with van der Waals surface area (Å²) < 4.78 is 17.1. The van der Waals surface area contributed by atoms with Crippen LogP contribution in [-0.4, -0.2) is 81.8 Å². The molecule has 2 aliphatic rings. The molecule has 0 bridgehead atoms. The third-order valence-corrected chi connectivity index (χ3v) is 7.85. The number of fused-ring (bicyclic) bond motifs is 1. The number of likely N-dealkylation sites (tertiary alicyclic amines) is 1. The van der Waals surface area contributed by atoms with Crippen LogP contribution in [0.15, 0.2) is 43.1 Å². The van der Waals surface area contributed by atoms with Crippen LogP contribution in [0.3, 0.4) is 0 Å². The Morgan fingerprint density at radius 3 is 2.43 bits per heavy atom. The van der Waals surface area contributed by atoms with Crippen molar-refractivity contribution in [2.75, 3.05) is 13.7 Å². The van der Waals surface area contributed by atoms with Gasteiger partial charge in [0.1, 0.15) is 40.8 Å². The minimum absolute atomic E-state index is 0.0183. The number of carboxylic acids is 1. The van der Waals surface area contributed by atoms with Gasteiger partial charge in [-0.3, -0.25) is 14.6 Å². The van der Waals surface area contributed by atoms with Crippen molar-refractivity contribution in [2.45, 2.75) is 83.7 Å². The molecule has 0 spiro atoms. The first kappa shape index (κ1) is 32.6. The number of nitrogens with one attached hydrogen (secondary N) is 2. The number of hydrogen-bond donors (Lipinski definition) is 3. The number of carbonyl (C=O) groups excluding carboxylic acids is 3. The molecule has 0 radical (unpaired) electrons. The van der Waals surface area contributed by atoms with Crippen LogP contribution in [0.25, 0.3) is 10.9 Å². The van der Waals surface area contributed by atoms with E-state index in [1.807, 2.05) is 6.07 Å². The topological polar surface area (TPSA) is 156 Å². The zero-order valence-corrected chi connectivity index (χ0v) is 26.3. The van der Waals surface area contributed by atoms with Crippen LogP contribution in [0.4, 0.5) is 4.79 Å². The first-order valence-electron chi connectivity index (χ1n) is 14.6. The largest absolute Gasteiger partial charge is 0.497 e. The first-order valence-corrected chi connectivity index (χ1v) is 14.6. The summed E-state index contributed by atoms with van der Waals surface area (Å²) >= 11 is 0. The van der Waals surface area contributed by atoms with Gasteiger partial charge in [-0.15, -0.1) is 6.58 Å². The molecular weight excluding hydrogens is 568 g/mol. The highest BCUT2D eigenvalue weighted by molar-refractivity contribution is 5.96. The second-order valence-electron chi connectivity index (χ2n) is 13.4. The number of carboxylic acid groups (broad SMARTS) is 1. The molecule has 238 valence electrons. The predicted molar refractivity (Wildman–Crippen MR) is 162 cm³/mol. The molecule has 1 aromatic heterocycles. The number of benzene rings is 1. The monoisotopic (exact) mass is 610 g/mol. The van der Waals surface area contributed by atoms with Crippen molar-refractivity contribution in [1.29, 1.82) is 0 Å². The van der Waals surface area contributed by atoms with Crippen LogP contribution in [0.1, 0.15) is 54.4 Å². The number of nitrogens with zero attached hydrogens (tertiary/aromatic N) is 2. The lowest BCUT2D eigenvalue weighted by molar-refractivity contribution is -0.146. The van der Waals surface area contributed by atoms with Crippen molar-refractivity contribution in [3.63, 3.8) is 0 Å². The van der Waals surface area contributed by atoms with Gasteiger partial charge in [0.15, 0.2) is 0 Å². The van der Waals surface area contributed by atoms with E-state index >= 15 is 0 Å². The standard InChI is InChI=1S/C32H42N4O8/c1-9-18-16-32(18,28(39)40)35-26(37)23-15-20(43-24-12-13-33-22-14-19(42-8)10-11-21(22)24)17-36(23)27(38)25(30(2,3)4)34-29(41)44-31(5,6)7/h9-14,18,20,23,25H,1,15-17H2,2-8H3,(H,34,41)(H,35,37)(H,39,40)/t18-,20-,23+,25-,32-/m1/s1. The molecule has 3 amide bonds. The lowest BCUT2D eigenvalue weighted by Crippen LogP contribution is -2.59. The van der Waals surface area contributed by atoms with Crippen molar-refractivity contribution in [2.24, 2.45) is 11.3 Å². The number of alkyl carbamates (subject to hydrolysis) is 1. The Morgan fingerprint density at radius 2 is 1.86 bits per heavy atom. The van der Waals surface area contributed by atoms with Gasteiger partial charge in [-0.1, -0.05) is 26.8 Å². The number of carbonyl (C=O) groups is 4. The second-order valence-corrected chi connectivity index (χ2v) is 13.4. The van der Waals surface area contributed by atoms with E-state index in [1.54, 1.807) is 73.0 Å². The van der Waals surface area contributed by atoms with Crippen molar-refractivity contribution in [1.82, 2.24) is 20.5 Å². The second kappa shape index (κ2) is 12.0. The highest BCUT2D eigenvalue weighted by Gasteiger charge is 2.61. The maximum absolute atomic E-state index is 14.2. The molecular formula is C32H42N4O8. The fourth-order valence-corrected chi connectivity index (χ4v) is 5.44. The fraction of sp³-hybridized carbons (Fsp3) is 0.531. The molecule has 12 heteroatoms. The molecule has 12 nitrogen and oxygen atoms in total. The summed E-state index contributed by atoms with van der Waals surface area (Å²) in [6.45, 7) is 14.2. The van der Waals surface area contributed by atoms with Crippen molar-refractivity contribution in [3.8, 4) is 11.5 Å². The Bertz CT molecular complexity index is 1460. The molecule has 2 aromatic rings. The van der Waals surface area contributed by atoms with E-state index in [0.29, 0.717) is 17.0 Å². The van der Waals surface area contributed by atoms with Crippen molar-refractivity contribution in [3.05, 3.63) is 43.1 Å². The summed E-state index contributed by atoms with van der Waals surface area (Å²) in [4.78, 5) is 58.6. The Labute approximate surface area is 257 Å². The molecule has 0 unspecified atom stereocenters. The molecule has 1 aliphatic heterocycles. The molecule has 4 rings (SSSR count). The fourth-order valence-electron chi connectivity index (χ4n) is 5.44. The molecule has 2 heterocycles. The smallest absolute Gasteiger partial charge is 0.408 e. The third-order valence-electron chi connectivity index (χ3n) is 7.85. The minimum Gasteiger partial charge on any atom is -0.497 e. The molecule has 3 N–H and O–H groups in total. The Balaban J connectivity index is 1.65. The minimum atomic E-state index is -1.48. The van der Waals surface area contributed by atoms with Crippen LogP contribution in [0.5, 0.6) is 11.5 Å². The first-order chi connectivity index (χ1) is 20.5. The number of rotatable bonds is 9. The van der Waals surface area contributed by atoms with Gasteiger partial charge in [-0.05, 0) is 50.8 Å². The van der Waals surface area contributed by atoms with Gasteiger partial charge in [-0.2, -0.15) is 0 Å². The van der Waals surface area contributed by atoms with E-state index in [1.165, 1.54) is 11.0 Å². The van der Waals surface area contributed by atoms with E-state index in [-0.39, 0.29) is 19.4 Å². The van der Waals surface area contributed by atoms with E-state index in [4.69, 9.17) is 14.2 Å². The Morgan fingerprint density at radius 1 is 1.16 bits per heavy atom. The van der Waals surface area contributed by atoms with Crippen LogP contribution in [0.2, 0.25) is 0 Å². The zero-order chi connectivity index (χ0) is 32.6. The van der Waals surface area contributed by atoms with Gasteiger partial charge in [0.2, 0.25) is 11.8 Å².